The standard InChI is InChI=1S/C15H24N2O4/c1-15(2,3)12(16)13(18)17-6-7-8-4-5-9(21-8)10(7)11(17)14(19)20/h7-12H,4-6,16H2,1-3H3,(H,19,20)/t7-,8+,9-,10-,11+,12-/m1/s1. The van der Waals surface area contributed by atoms with Crippen molar-refractivity contribution in [3.05, 3.63) is 0 Å². The van der Waals surface area contributed by atoms with Crippen LogP contribution in [0.1, 0.15) is 33.6 Å². The van der Waals surface area contributed by atoms with Crippen LogP contribution in [-0.4, -0.2) is 52.7 Å². The Morgan fingerprint density at radius 1 is 1.29 bits per heavy atom. The van der Waals surface area contributed by atoms with E-state index in [0.29, 0.717) is 6.54 Å². The zero-order valence-electron chi connectivity index (χ0n) is 12.8. The van der Waals surface area contributed by atoms with E-state index in [-0.39, 0.29) is 35.4 Å². The van der Waals surface area contributed by atoms with E-state index in [9.17, 15) is 14.7 Å². The molecule has 6 nitrogen and oxygen atoms in total. The van der Waals surface area contributed by atoms with Gasteiger partial charge in [-0.3, -0.25) is 4.79 Å². The van der Waals surface area contributed by atoms with Gasteiger partial charge in [0.25, 0.3) is 0 Å². The van der Waals surface area contributed by atoms with Gasteiger partial charge in [0.2, 0.25) is 5.91 Å². The van der Waals surface area contributed by atoms with E-state index >= 15 is 0 Å². The lowest BCUT2D eigenvalue weighted by atomic mass is 9.78. The van der Waals surface area contributed by atoms with Gasteiger partial charge < -0.3 is 20.5 Å². The topological polar surface area (TPSA) is 92.9 Å². The van der Waals surface area contributed by atoms with Gasteiger partial charge in [0.05, 0.1) is 18.2 Å². The quantitative estimate of drug-likeness (QED) is 0.771. The molecule has 0 aliphatic carbocycles. The highest BCUT2D eigenvalue weighted by Gasteiger charge is 2.61. The summed E-state index contributed by atoms with van der Waals surface area (Å²) in [4.78, 5) is 25.9. The molecule has 3 fully saturated rings. The van der Waals surface area contributed by atoms with E-state index in [1.807, 2.05) is 20.8 Å². The molecule has 0 aromatic carbocycles. The molecule has 6 heteroatoms. The molecule has 3 heterocycles. The van der Waals surface area contributed by atoms with Gasteiger partial charge in [0.15, 0.2) is 0 Å². The average molecular weight is 296 g/mol. The molecule has 2 bridgehead atoms. The number of hydrogen-bond donors (Lipinski definition) is 2. The third kappa shape index (κ3) is 2.16. The van der Waals surface area contributed by atoms with Crippen molar-refractivity contribution in [2.75, 3.05) is 6.54 Å². The Labute approximate surface area is 124 Å². The molecule has 3 N–H and O–H groups in total. The molecule has 0 unspecified atom stereocenters. The van der Waals surface area contributed by atoms with E-state index < -0.39 is 18.1 Å². The van der Waals surface area contributed by atoms with Crippen molar-refractivity contribution in [2.45, 2.75) is 57.9 Å². The Balaban J connectivity index is 1.86. The smallest absolute Gasteiger partial charge is 0.326 e. The molecule has 3 rings (SSSR count). The number of likely N-dealkylation sites (tertiary alicyclic amines) is 1. The number of fused-ring (bicyclic) bond motifs is 5. The van der Waals surface area contributed by atoms with E-state index in [1.165, 1.54) is 4.90 Å². The van der Waals surface area contributed by atoms with Crippen LogP contribution >= 0.6 is 0 Å². The number of aliphatic carboxylic acids is 1. The second-order valence-corrected chi connectivity index (χ2v) is 7.65. The van der Waals surface area contributed by atoms with Crippen molar-refractivity contribution in [1.82, 2.24) is 4.90 Å². The number of carbonyl (C=O) groups excluding carboxylic acids is 1. The molecule has 0 saturated carbocycles. The Bertz CT molecular complexity index is 473. The van der Waals surface area contributed by atoms with Gasteiger partial charge in [-0.25, -0.2) is 4.79 Å². The highest BCUT2D eigenvalue weighted by molar-refractivity contribution is 5.88. The first kappa shape index (κ1) is 14.8. The lowest BCUT2D eigenvalue weighted by Gasteiger charge is -2.33. The lowest BCUT2D eigenvalue weighted by molar-refractivity contribution is -0.152. The summed E-state index contributed by atoms with van der Waals surface area (Å²) < 4.78 is 5.84. The van der Waals surface area contributed by atoms with Crippen molar-refractivity contribution < 1.29 is 19.4 Å². The maximum absolute atomic E-state index is 12.7. The molecule has 3 aliphatic rings. The molecule has 21 heavy (non-hydrogen) atoms. The minimum absolute atomic E-state index is 0.00948. The number of ether oxygens (including phenoxy) is 1. The first-order valence-corrected chi connectivity index (χ1v) is 7.66. The number of nitrogens with zero attached hydrogens (tertiary/aromatic N) is 1. The van der Waals surface area contributed by atoms with Crippen LogP contribution in [0.3, 0.4) is 0 Å². The monoisotopic (exact) mass is 296 g/mol. The maximum atomic E-state index is 12.7. The minimum atomic E-state index is -0.937. The van der Waals surface area contributed by atoms with Gasteiger partial charge in [-0.1, -0.05) is 20.8 Å². The van der Waals surface area contributed by atoms with Crippen LogP contribution < -0.4 is 5.73 Å². The summed E-state index contributed by atoms with van der Waals surface area (Å²) in [6.45, 7) is 6.16. The molecule has 0 aromatic rings. The predicted molar refractivity (Wildman–Crippen MR) is 75.4 cm³/mol. The fourth-order valence-electron chi connectivity index (χ4n) is 4.11. The second kappa shape index (κ2) is 4.68. The van der Waals surface area contributed by atoms with E-state index in [1.54, 1.807) is 0 Å². The highest BCUT2D eigenvalue weighted by Crippen LogP contribution is 2.50. The Morgan fingerprint density at radius 3 is 2.48 bits per heavy atom. The van der Waals surface area contributed by atoms with Gasteiger partial charge in [-0.15, -0.1) is 0 Å². The highest BCUT2D eigenvalue weighted by atomic mass is 16.5. The molecule has 3 saturated heterocycles. The van der Waals surface area contributed by atoms with Crippen molar-refractivity contribution in [2.24, 2.45) is 23.0 Å². The number of nitrogens with two attached hydrogens (primary N) is 1. The molecule has 0 spiro atoms. The molecule has 0 radical (unpaired) electrons. The molecule has 118 valence electrons. The van der Waals surface area contributed by atoms with Gasteiger partial charge in [-0.05, 0) is 18.3 Å². The van der Waals surface area contributed by atoms with Crippen LogP contribution in [0.5, 0.6) is 0 Å². The van der Waals surface area contributed by atoms with Crippen LogP contribution in [-0.2, 0) is 14.3 Å². The maximum Gasteiger partial charge on any atom is 0.326 e. The summed E-state index contributed by atoms with van der Waals surface area (Å²) in [5.74, 6) is -1.10. The fourth-order valence-corrected chi connectivity index (χ4v) is 4.11. The Morgan fingerprint density at radius 2 is 1.90 bits per heavy atom. The molecule has 3 aliphatic heterocycles. The van der Waals surface area contributed by atoms with Crippen LogP contribution in [0, 0.1) is 17.3 Å². The summed E-state index contributed by atoms with van der Waals surface area (Å²) in [6.07, 6.45) is 1.99. The molecular formula is C15H24N2O4. The molecule has 6 atom stereocenters. The minimum Gasteiger partial charge on any atom is -0.480 e. The van der Waals surface area contributed by atoms with Gasteiger partial charge >= 0.3 is 5.97 Å². The average Bonchev–Trinajstić information content (AvgIpc) is 3.05. The van der Waals surface area contributed by atoms with Gasteiger partial charge in [-0.2, -0.15) is 0 Å². The van der Waals surface area contributed by atoms with Gasteiger partial charge in [0, 0.05) is 18.4 Å². The van der Waals surface area contributed by atoms with Crippen molar-refractivity contribution in [3.63, 3.8) is 0 Å². The van der Waals surface area contributed by atoms with Crippen molar-refractivity contribution in [3.8, 4) is 0 Å². The number of rotatable bonds is 2. The number of carbonyl (C=O) groups is 2. The number of carboxylic acids is 1. The van der Waals surface area contributed by atoms with Gasteiger partial charge in [0.1, 0.15) is 6.04 Å². The number of hydrogen-bond acceptors (Lipinski definition) is 4. The summed E-state index contributed by atoms with van der Waals surface area (Å²) in [5.41, 5.74) is 5.67. The predicted octanol–water partition coefficient (Wildman–Crippen LogP) is 0.449. The van der Waals surface area contributed by atoms with Crippen LogP contribution in [0.15, 0.2) is 0 Å². The zero-order valence-corrected chi connectivity index (χ0v) is 12.8. The zero-order chi connectivity index (χ0) is 15.5. The fraction of sp³-hybridized carbons (Fsp3) is 0.867. The van der Waals surface area contributed by atoms with E-state index in [4.69, 9.17) is 10.5 Å². The summed E-state index contributed by atoms with van der Waals surface area (Å²) in [7, 11) is 0. The largest absolute Gasteiger partial charge is 0.480 e. The van der Waals surface area contributed by atoms with Crippen molar-refractivity contribution >= 4 is 11.9 Å². The third-order valence-corrected chi connectivity index (χ3v) is 5.33. The summed E-state index contributed by atoms with van der Waals surface area (Å²) >= 11 is 0. The SMILES string of the molecule is CC(C)(C)[C@H](N)C(=O)N1C[C@H]2[C@@H]([C@H]1C(=O)O)[C@H]1CC[C@@H]2O1. The number of amides is 1. The number of carboxylic acid groups (broad SMARTS) is 1. The molecule has 1 amide bonds. The van der Waals surface area contributed by atoms with Crippen LogP contribution in [0.4, 0.5) is 0 Å². The molecule has 0 aromatic heterocycles. The van der Waals surface area contributed by atoms with Crippen LogP contribution in [0.2, 0.25) is 0 Å². The third-order valence-electron chi connectivity index (χ3n) is 5.33. The molecular weight excluding hydrogens is 272 g/mol. The summed E-state index contributed by atoms with van der Waals surface area (Å²) in [5, 5.41) is 9.60. The normalized spacial score (nSPS) is 39.4. The lowest BCUT2D eigenvalue weighted by Crippen LogP contribution is -2.54. The summed E-state index contributed by atoms with van der Waals surface area (Å²) in [6, 6.07) is -1.47. The van der Waals surface area contributed by atoms with E-state index in [2.05, 4.69) is 0 Å². The second-order valence-electron chi connectivity index (χ2n) is 7.65. The van der Waals surface area contributed by atoms with Crippen molar-refractivity contribution in [1.29, 1.82) is 0 Å². The first-order chi connectivity index (χ1) is 9.71. The van der Waals surface area contributed by atoms with Crippen LogP contribution in [0.25, 0.3) is 0 Å². The Kier molecular flexibility index (Phi) is 3.29. The first-order valence-electron chi connectivity index (χ1n) is 7.66. The van der Waals surface area contributed by atoms with E-state index in [0.717, 1.165) is 12.8 Å². The Hall–Kier alpha value is -1.14.